The number of likely N-dealkylation sites (tertiary alicyclic amines) is 1. The summed E-state index contributed by atoms with van der Waals surface area (Å²) in [5.41, 5.74) is 1.56. The summed E-state index contributed by atoms with van der Waals surface area (Å²) >= 11 is 0. The highest BCUT2D eigenvalue weighted by Gasteiger charge is 2.17. The minimum Gasteiger partial charge on any atom is -0.352 e. The van der Waals surface area contributed by atoms with Crippen LogP contribution in [0.15, 0.2) is 42.7 Å². The van der Waals surface area contributed by atoms with E-state index < -0.39 is 0 Å². The molecule has 0 radical (unpaired) electrons. The molecule has 1 fully saturated rings. The molecule has 2 heterocycles. The molecule has 128 valence electrons. The lowest BCUT2D eigenvalue weighted by Gasteiger charge is -2.33. The lowest BCUT2D eigenvalue weighted by Crippen LogP contribution is -2.39. The molecule has 1 atom stereocenters. The van der Waals surface area contributed by atoms with Crippen molar-refractivity contribution in [3.05, 3.63) is 48.3 Å². The topological polar surface area (TPSA) is 50.2 Å². The smallest absolute Gasteiger partial charge is 0.254 e. The Bertz CT molecular complexity index is 652. The van der Waals surface area contributed by atoms with Crippen molar-refractivity contribution < 1.29 is 4.79 Å². The zero-order valence-corrected chi connectivity index (χ0v) is 14.3. The highest BCUT2D eigenvalue weighted by molar-refractivity contribution is 5.93. The van der Waals surface area contributed by atoms with E-state index in [1.807, 2.05) is 30.3 Å². The van der Waals surface area contributed by atoms with E-state index in [0.717, 1.165) is 18.7 Å². The van der Waals surface area contributed by atoms with E-state index in [-0.39, 0.29) is 5.91 Å². The van der Waals surface area contributed by atoms with Gasteiger partial charge in [-0.15, -0.1) is 0 Å². The predicted octanol–water partition coefficient (Wildman–Crippen LogP) is 2.87. The van der Waals surface area contributed by atoms with E-state index in [1.165, 1.54) is 25.8 Å². The number of aromatic nitrogens is 2. The minimum atomic E-state index is -0.0520. The Morgan fingerprint density at radius 1 is 1.29 bits per heavy atom. The number of amides is 1. The number of carbonyl (C=O) groups is 1. The second kappa shape index (κ2) is 8.11. The molecule has 1 aromatic heterocycles. The highest BCUT2D eigenvalue weighted by atomic mass is 16.1. The third-order valence-electron chi connectivity index (χ3n) is 4.71. The summed E-state index contributed by atoms with van der Waals surface area (Å²) in [6.45, 7) is 5.26. The maximum absolute atomic E-state index is 12.2. The number of rotatable bonds is 6. The molecule has 1 aliphatic rings. The van der Waals surface area contributed by atoms with Crippen molar-refractivity contribution in [1.29, 1.82) is 0 Å². The van der Waals surface area contributed by atoms with Gasteiger partial charge < -0.3 is 10.2 Å². The Kier molecular flexibility index (Phi) is 5.64. The van der Waals surface area contributed by atoms with Gasteiger partial charge in [0.2, 0.25) is 0 Å². The van der Waals surface area contributed by atoms with Gasteiger partial charge in [0.15, 0.2) is 0 Å². The van der Waals surface area contributed by atoms with Crippen LogP contribution in [0, 0.1) is 0 Å². The monoisotopic (exact) mass is 326 g/mol. The zero-order chi connectivity index (χ0) is 16.8. The normalized spacial score (nSPS) is 18.5. The first-order valence-electron chi connectivity index (χ1n) is 8.86. The number of benzene rings is 1. The van der Waals surface area contributed by atoms with Gasteiger partial charge in [-0.25, -0.2) is 4.68 Å². The van der Waals surface area contributed by atoms with Gasteiger partial charge in [0, 0.05) is 25.3 Å². The Balaban J connectivity index is 1.45. The predicted molar refractivity (Wildman–Crippen MR) is 95.4 cm³/mol. The molecule has 1 N–H and O–H groups in total. The Morgan fingerprint density at radius 2 is 2.12 bits per heavy atom. The van der Waals surface area contributed by atoms with Crippen LogP contribution in [-0.2, 0) is 0 Å². The Morgan fingerprint density at radius 3 is 2.92 bits per heavy atom. The number of carbonyl (C=O) groups excluding carboxylic acids is 1. The van der Waals surface area contributed by atoms with E-state index in [4.69, 9.17) is 0 Å². The molecule has 1 aromatic carbocycles. The van der Waals surface area contributed by atoms with Crippen LogP contribution in [0.5, 0.6) is 0 Å². The molecule has 0 bridgehead atoms. The summed E-state index contributed by atoms with van der Waals surface area (Å²) in [6.07, 6.45) is 8.33. The van der Waals surface area contributed by atoms with E-state index in [0.29, 0.717) is 18.2 Å². The number of nitrogens with one attached hydrogen (secondary N) is 1. The molecule has 1 amide bonds. The Hall–Kier alpha value is -2.14. The van der Waals surface area contributed by atoms with Crippen LogP contribution in [0.1, 0.15) is 43.0 Å². The van der Waals surface area contributed by atoms with Crippen molar-refractivity contribution in [3.63, 3.8) is 0 Å². The molecule has 0 aliphatic carbocycles. The van der Waals surface area contributed by atoms with Gasteiger partial charge in [0.25, 0.3) is 5.91 Å². The quantitative estimate of drug-likeness (QED) is 0.831. The second-order valence-electron chi connectivity index (χ2n) is 6.50. The number of nitrogens with zero attached hydrogens (tertiary/aromatic N) is 3. The first-order valence-corrected chi connectivity index (χ1v) is 8.86. The SMILES string of the molecule is C[C@@H]1CCCCN1CCCNC(=O)c1cnn(-c2ccccc2)c1. The molecular weight excluding hydrogens is 300 g/mol. The molecule has 5 nitrogen and oxygen atoms in total. The first-order chi connectivity index (χ1) is 11.7. The zero-order valence-electron chi connectivity index (χ0n) is 14.3. The molecule has 5 heteroatoms. The fourth-order valence-electron chi connectivity index (χ4n) is 3.24. The summed E-state index contributed by atoms with van der Waals surface area (Å²) in [5.74, 6) is -0.0520. The van der Waals surface area contributed by atoms with Gasteiger partial charge >= 0.3 is 0 Å². The van der Waals surface area contributed by atoms with E-state index in [2.05, 4.69) is 22.2 Å². The summed E-state index contributed by atoms with van der Waals surface area (Å²) in [6, 6.07) is 10.5. The van der Waals surface area contributed by atoms with Gasteiger partial charge in [-0.2, -0.15) is 5.10 Å². The maximum Gasteiger partial charge on any atom is 0.254 e. The molecule has 1 aliphatic heterocycles. The molecule has 24 heavy (non-hydrogen) atoms. The van der Waals surface area contributed by atoms with E-state index in [1.54, 1.807) is 17.1 Å². The van der Waals surface area contributed by atoms with Crippen molar-refractivity contribution in [2.45, 2.75) is 38.6 Å². The lowest BCUT2D eigenvalue weighted by molar-refractivity contribution is 0.0949. The summed E-state index contributed by atoms with van der Waals surface area (Å²) < 4.78 is 1.73. The molecule has 3 rings (SSSR count). The van der Waals surface area contributed by atoms with E-state index >= 15 is 0 Å². The highest BCUT2D eigenvalue weighted by Crippen LogP contribution is 2.16. The fraction of sp³-hybridized carbons (Fsp3) is 0.474. The number of hydrogen-bond acceptors (Lipinski definition) is 3. The largest absolute Gasteiger partial charge is 0.352 e. The average Bonchev–Trinajstić information content (AvgIpc) is 3.11. The average molecular weight is 326 g/mol. The van der Waals surface area contributed by atoms with Crippen molar-refractivity contribution in [2.75, 3.05) is 19.6 Å². The van der Waals surface area contributed by atoms with Crippen molar-refractivity contribution in [1.82, 2.24) is 20.0 Å². The lowest BCUT2D eigenvalue weighted by atomic mass is 10.0. The first kappa shape index (κ1) is 16.7. The van der Waals surface area contributed by atoms with Crippen LogP contribution in [0.25, 0.3) is 5.69 Å². The minimum absolute atomic E-state index is 0.0520. The van der Waals surface area contributed by atoms with Crippen LogP contribution in [0.3, 0.4) is 0 Å². The van der Waals surface area contributed by atoms with Gasteiger partial charge in [0.1, 0.15) is 0 Å². The van der Waals surface area contributed by atoms with Gasteiger partial charge in [0.05, 0.1) is 17.4 Å². The summed E-state index contributed by atoms with van der Waals surface area (Å²) in [4.78, 5) is 14.8. The second-order valence-corrected chi connectivity index (χ2v) is 6.50. The molecule has 2 aromatic rings. The van der Waals surface area contributed by atoms with Gasteiger partial charge in [-0.05, 0) is 44.9 Å². The van der Waals surface area contributed by atoms with Crippen molar-refractivity contribution in [2.24, 2.45) is 0 Å². The molecular formula is C19H26N4O. The number of para-hydroxylation sites is 1. The summed E-state index contributed by atoms with van der Waals surface area (Å²) in [7, 11) is 0. The molecule has 1 saturated heterocycles. The van der Waals surface area contributed by atoms with Crippen LogP contribution in [0.4, 0.5) is 0 Å². The van der Waals surface area contributed by atoms with Crippen molar-refractivity contribution in [3.8, 4) is 5.69 Å². The third-order valence-corrected chi connectivity index (χ3v) is 4.71. The van der Waals surface area contributed by atoms with Crippen LogP contribution >= 0.6 is 0 Å². The molecule has 0 saturated carbocycles. The van der Waals surface area contributed by atoms with Crippen LogP contribution in [-0.4, -0.2) is 46.3 Å². The van der Waals surface area contributed by atoms with Crippen molar-refractivity contribution >= 4 is 5.91 Å². The Labute approximate surface area is 143 Å². The fourth-order valence-corrected chi connectivity index (χ4v) is 3.24. The molecule has 0 unspecified atom stereocenters. The maximum atomic E-state index is 12.2. The van der Waals surface area contributed by atoms with Gasteiger partial charge in [-0.3, -0.25) is 4.79 Å². The van der Waals surface area contributed by atoms with Gasteiger partial charge in [-0.1, -0.05) is 24.6 Å². The number of hydrogen-bond donors (Lipinski definition) is 1. The third kappa shape index (κ3) is 4.23. The number of piperidine rings is 1. The van der Waals surface area contributed by atoms with Crippen LogP contribution in [0.2, 0.25) is 0 Å². The van der Waals surface area contributed by atoms with E-state index in [9.17, 15) is 4.79 Å². The summed E-state index contributed by atoms with van der Waals surface area (Å²) in [5, 5.41) is 7.27. The molecule has 0 spiro atoms. The standard InChI is InChI=1S/C19H26N4O/c1-16-8-5-6-12-22(16)13-7-11-20-19(24)17-14-21-23(15-17)18-9-3-2-4-10-18/h2-4,9-10,14-16H,5-8,11-13H2,1H3,(H,20,24)/t16-/m1/s1. The van der Waals surface area contributed by atoms with Crippen LogP contribution < -0.4 is 5.32 Å².